The van der Waals surface area contributed by atoms with Gasteiger partial charge in [0.05, 0.1) is 37.0 Å². The third-order valence-electron chi connectivity index (χ3n) is 4.65. The zero-order chi connectivity index (χ0) is 21.0. The fourth-order valence-corrected chi connectivity index (χ4v) is 3.19. The van der Waals surface area contributed by atoms with Crippen molar-refractivity contribution in [3.63, 3.8) is 0 Å². The van der Waals surface area contributed by atoms with Crippen LogP contribution in [0.5, 0.6) is 0 Å². The van der Waals surface area contributed by atoms with E-state index in [1.807, 2.05) is 0 Å². The van der Waals surface area contributed by atoms with Gasteiger partial charge < -0.3 is 19.7 Å². The molecule has 2 aromatic rings. The van der Waals surface area contributed by atoms with Gasteiger partial charge in [-0.1, -0.05) is 18.2 Å². The number of esters is 2. The Bertz CT molecular complexity index is 971. The molecule has 3 rings (SSSR count). The highest BCUT2D eigenvalue weighted by atomic mass is 16.5. The molecule has 29 heavy (non-hydrogen) atoms. The number of ether oxygens (including phenoxy) is 2. The number of carbonyl (C=O) groups is 4. The molecule has 2 amide bonds. The van der Waals surface area contributed by atoms with Crippen LogP contribution in [0.1, 0.15) is 27.1 Å². The van der Waals surface area contributed by atoms with E-state index in [0.29, 0.717) is 16.9 Å². The second-order valence-corrected chi connectivity index (χ2v) is 6.48. The van der Waals surface area contributed by atoms with Gasteiger partial charge in [-0.3, -0.25) is 9.59 Å². The Balaban J connectivity index is 1.75. The third-order valence-corrected chi connectivity index (χ3v) is 4.65. The SMILES string of the molecule is COC(=O)c1cccc(NC(=O)C2CC(=O)N(c3ccccc3C(=O)OC)C2)c1. The monoisotopic (exact) mass is 396 g/mol. The van der Waals surface area contributed by atoms with Crippen LogP contribution in [0.25, 0.3) is 0 Å². The molecule has 150 valence electrons. The fraction of sp³-hybridized carbons (Fsp3) is 0.238. The summed E-state index contributed by atoms with van der Waals surface area (Å²) in [6.45, 7) is 0.134. The van der Waals surface area contributed by atoms with Gasteiger partial charge in [-0.2, -0.15) is 0 Å². The maximum Gasteiger partial charge on any atom is 0.339 e. The molecule has 1 saturated heterocycles. The smallest absolute Gasteiger partial charge is 0.339 e. The van der Waals surface area contributed by atoms with Gasteiger partial charge >= 0.3 is 11.9 Å². The van der Waals surface area contributed by atoms with E-state index in [9.17, 15) is 19.2 Å². The van der Waals surface area contributed by atoms with Crippen LogP contribution in [-0.4, -0.2) is 44.5 Å². The number of para-hydroxylation sites is 1. The number of anilines is 2. The summed E-state index contributed by atoms with van der Waals surface area (Å²) in [5, 5.41) is 2.73. The van der Waals surface area contributed by atoms with Crippen molar-refractivity contribution >= 4 is 35.1 Å². The topological polar surface area (TPSA) is 102 Å². The maximum absolute atomic E-state index is 12.7. The van der Waals surface area contributed by atoms with Crippen molar-refractivity contribution in [1.82, 2.24) is 0 Å². The molecule has 1 heterocycles. The standard InChI is InChI=1S/C21H20N2O6/c1-28-20(26)13-6-5-7-15(10-13)22-19(25)14-11-18(24)23(12-14)17-9-4-3-8-16(17)21(27)29-2/h3-10,14H,11-12H2,1-2H3,(H,22,25). The quantitative estimate of drug-likeness (QED) is 0.778. The molecular weight excluding hydrogens is 376 g/mol. The number of nitrogens with zero attached hydrogens (tertiary/aromatic N) is 1. The van der Waals surface area contributed by atoms with Crippen molar-refractivity contribution in [3.8, 4) is 0 Å². The van der Waals surface area contributed by atoms with E-state index in [1.54, 1.807) is 42.5 Å². The highest BCUT2D eigenvalue weighted by Crippen LogP contribution is 2.29. The highest BCUT2D eigenvalue weighted by Gasteiger charge is 2.36. The number of benzene rings is 2. The lowest BCUT2D eigenvalue weighted by Crippen LogP contribution is -2.29. The number of carbonyl (C=O) groups excluding carboxylic acids is 4. The molecule has 1 fully saturated rings. The molecule has 0 saturated carbocycles. The van der Waals surface area contributed by atoms with Crippen LogP contribution in [0, 0.1) is 5.92 Å². The first-order valence-corrected chi connectivity index (χ1v) is 8.91. The summed E-state index contributed by atoms with van der Waals surface area (Å²) in [4.78, 5) is 50.2. The highest BCUT2D eigenvalue weighted by molar-refractivity contribution is 6.07. The molecule has 0 bridgehead atoms. The Labute approximate surface area is 167 Å². The van der Waals surface area contributed by atoms with Gasteiger partial charge in [-0.25, -0.2) is 9.59 Å². The summed E-state index contributed by atoms with van der Waals surface area (Å²) in [5.41, 5.74) is 1.41. The molecule has 8 nitrogen and oxygen atoms in total. The fourth-order valence-electron chi connectivity index (χ4n) is 3.19. The van der Waals surface area contributed by atoms with Crippen LogP contribution < -0.4 is 10.2 Å². The van der Waals surface area contributed by atoms with E-state index in [2.05, 4.69) is 10.1 Å². The number of hydrogen-bond donors (Lipinski definition) is 1. The number of amides is 2. The Morgan fingerprint density at radius 1 is 1.00 bits per heavy atom. The molecule has 1 aliphatic rings. The summed E-state index contributed by atoms with van der Waals surface area (Å²) in [6, 6.07) is 12.9. The zero-order valence-corrected chi connectivity index (χ0v) is 16.0. The second-order valence-electron chi connectivity index (χ2n) is 6.48. The maximum atomic E-state index is 12.7. The first kappa shape index (κ1) is 20.1. The molecule has 1 N–H and O–H groups in total. The van der Waals surface area contributed by atoms with E-state index in [0.717, 1.165) is 0 Å². The Morgan fingerprint density at radius 3 is 2.45 bits per heavy atom. The van der Waals surface area contributed by atoms with Crippen molar-refractivity contribution in [2.24, 2.45) is 5.92 Å². The lowest BCUT2D eigenvalue weighted by atomic mass is 10.1. The molecule has 1 atom stereocenters. The molecular formula is C21H20N2O6. The van der Waals surface area contributed by atoms with Crippen molar-refractivity contribution in [2.75, 3.05) is 31.0 Å². The van der Waals surface area contributed by atoms with Gasteiger partial charge in [0.1, 0.15) is 0 Å². The van der Waals surface area contributed by atoms with Crippen LogP contribution in [0.2, 0.25) is 0 Å². The van der Waals surface area contributed by atoms with E-state index in [4.69, 9.17) is 4.74 Å². The molecule has 0 spiro atoms. The average Bonchev–Trinajstić information content (AvgIpc) is 3.14. The number of rotatable bonds is 5. The van der Waals surface area contributed by atoms with E-state index in [-0.39, 0.29) is 30.3 Å². The van der Waals surface area contributed by atoms with Crippen LogP contribution >= 0.6 is 0 Å². The predicted octanol–water partition coefficient (Wildman–Crippen LogP) is 2.25. The summed E-state index contributed by atoms with van der Waals surface area (Å²) in [5.74, 6) is -2.28. The van der Waals surface area contributed by atoms with E-state index >= 15 is 0 Å². The van der Waals surface area contributed by atoms with Crippen molar-refractivity contribution < 1.29 is 28.7 Å². The van der Waals surface area contributed by atoms with Gasteiger partial charge in [-0.15, -0.1) is 0 Å². The van der Waals surface area contributed by atoms with Crippen LogP contribution in [-0.2, 0) is 19.1 Å². The summed E-state index contributed by atoms with van der Waals surface area (Å²) < 4.78 is 9.44. The van der Waals surface area contributed by atoms with E-state index in [1.165, 1.54) is 25.2 Å². The third kappa shape index (κ3) is 4.26. The molecule has 0 aliphatic carbocycles. The zero-order valence-electron chi connectivity index (χ0n) is 16.0. The number of methoxy groups -OCH3 is 2. The summed E-state index contributed by atoms with van der Waals surface area (Å²) >= 11 is 0. The predicted molar refractivity (Wildman–Crippen MR) is 105 cm³/mol. The molecule has 1 aliphatic heterocycles. The minimum atomic E-state index is -0.602. The van der Waals surface area contributed by atoms with Crippen LogP contribution in [0.4, 0.5) is 11.4 Å². The van der Waals surface area contributed by atoms with Crippen molar-refractivity contribution in [3.05, 3.63) is 59.7 Å². The molecule has 1 unspecified atom stereocenters. The Hall–Kier alpha value is -3.68. The van der Waals surface area contributed by atoms with Gasteiger partial charge in [0.15, 0.2) is 0 Å². The van der Waals surface area contributed by atoms with Gasteiger partial charge in [0.2, 0.25) is 11.8 Å². The van der Waals surface area contributed by atoms with Crippen LogP contribution in [0.3, 0.4) is 0 Å². The molecule has 0 aromatic heterocycles. The molecule has 2 aromatic carbocycles. The Morgan fingerprint density at radius 2 is 1.72 bits per heavy atom. The van der Waals surface area contributed by atoms with E-state index < -0.39 is 17.9 Å². The lowest BCUT2D eigenvalue weighted by molar-refractivity contribution is -0.122. The minimum Gasteiger partial charge on any atom is -0.465 e. The number of nitrogens with one attached hydrogen (secondary N) is 1. The van der Waals surface area contributed by atoms with Crippen molar-refractivity contribution in [2.45, 2.75) is 6.42 Å². The first-order chi connectivity index (χ1) is 13.9. The summed E-state index contributed by atoms with van der Waals surface area (Å²) in [7, 11) is 2.54. The van der Waals surface area contributed by atoms with Gasteiger partial charge in [0.25, 0.3) is 0 Å². The average molecular weight is 396 g/mol. The van der Waals surface area contributed by atoms with Crippen molar-refractivity contribution in [1.29, 1.82) is 0 Å². The second kappa shape index (κ2) is 8.55. The molecule has 0 radical (unpaired) electrons. The van der Waals surface area contributed by atoms with Gasteiger partial charge in [-0.05, 0) is 30.3 Å². The normalized spacial score (nSPS) is 15.7. The largest absolute Gasteiger partial charge is 0.465 e. The Kier molecular flexibility index (Phi) is 5.92. The van der Waals surface area contributed by atoms with Crippen LogP contribution in [0.15, 0.2) is 48.5 Å². The minimum absolute atomic E-state index is 0.0119. The lowest BCUT2D eigenvalue weighted by Gasteiger charge is -2.19. The number of hydrogen-bond acceptors (Lipinski definition) is 6. The molecule has 8 heteroatoms. The first-order valence-electron chi connectivity index (χ1n) is 8.91. The summed E-state index contributed by atoms with van der Waals surface area (Å²) in [6.07, 6.45) is 0.0119. The van der Waals surface area contributed by atoms with Gasteiger partial charge in [0, 0.05) is 18.7 Å².